The number of carbonyl (C=O) groups is 2. The average molecular weight is 915 g/mol. The summed E-state index contributed by atoms with van der Waals surface area (Å²) < 4.78 is 27.4. The number of cyclic esters (lactones) is 1. The fraction of sp³-hybridized carbons (Fsp3) is 0.761. The highest BCUT2D eigenvalue weighted by molar-refractivity contribution is 6.00. The molecule has 1 unspecified atom stereocenters. The van der Waals surface area contributed by atoms with Crippen LogP contribution >= 0.6 is 0 Å². The monoisotopic (exact) mass is 915 g/mol. The summed E-state index contributed by atoms with van der Waals surface area (Å²) in [6.07, 6.45) is 0.476. The number of ether oxygens (including phenoxy) is 4. The average Bonchev–Trinajstić information content (AvgIpc) is 4.07. The molecule has 65 heavy (non-hydrogen) atoms. The van der Waals surface area contributed by atoms with Crippen LogP contribution in [-0.4, -0.2) is 156 Å². The van der Waals surface area contributed by atoms with E-state index >= 15 is 0 Å². The topological polar surface area (TPSA) is 240 Å². The van der Waals surface area contributed by atoms with Gasteiger partial charge in [-0.25, -0.2) is 5.21 Å². The normalized spacial score (nSPS) is 36.8. The van der Waals surface area contributed by atoms with Crippen molar-refractivity contribution in [3.63, 3.8) is 0 Å². The molecule has 6 rings (SSSR count). The van der Waals surface area contributed by atoms with E-state index in [9.17, 15) is 29.8 Å². The second kappa shape index (κ2) is 21.8. The van der Waals surface area contributed by atoms with Crippen molar-refractivity contribution in [3.8, 4) is 0 Å². The van der Waals surface area contributed by atoms with Crippen LogP contribution < -0.4 is 5.32 Å². The number of aliphatic hydroxyl groups is 3. The van der Waals surface area contributed by atoms with Crippen LogP contribution in [0.4, 0.5) is 5.69 Å². The number of hydrogen-bond acceptors (Lipinski definition) is 16. The van der Waals surface area contributed by atoms with Crippen molar-refractivity contribution in [2.45, 2.75) is 167 Å². The maximum atomic E-state index is 14.3. The lowest BCUT2D eigenvalue weighted by Crippen LogP contribution is -2.59. The number of Topliss-reactive ketones (excluding diaryl/α,β-unsaturated/α-hetero) is 1. The minimum Gasteiger partial charge on any atom is -0.459 e. The van der Waals surface area contributed by atoms with Crippen LogP contribution in [0.1, 0.15) is 98.2 Å². The molecule has 0 spiro atoms. The van der Waals surface area contributed by atoms with E-state index in [1.165, 1.54) is 13.8 Å². The van der Waals surface area contributed by atoms with Crippen LogP contribution in [0.3, 0.4) is 0 Å². The number of aliphatic hydroxyl groups excluding tert-OH is 2. The molecule has 19 heteroatoms. The molecule has 1 aromatic heterocycles. The van der Waals surface area contributed by atoms with Crippen LogP contribution in [-0.2, 0) is 52.8 Å². The van der Waals surface area contributed by atoms with Crippen LogP contribution in [0.15, 0.2) is 35.6 Å². The van der Waals surface area contributed by atoms with Gasteiger partial charge in [0.1, 0.15) is 29.8 Å². The highest BCUT2D eigenvalue weighted by Gasteiger charge is 2.55. The number of unbranched alkanes of at least 4 members (excludes halogenated alkanes) is 1. The summed E-state index contributed by atoms with van der Waals surface area (Å²) >= 11 is 0. The number of aromatic nitrogens is 3. The Bertz CT molecular complexity index is 1940. The second-order valence-electron chi connectivity index (χ2n) is 19.2. The zero-order chi connectivity index (χ0) is 47.2. The lowest BCUT2D eigenvalue weighted by atomic mass is 9.75. The van der Waals surface area contributed by atoms with Crippen molar-refractivity contribution >= 4 is 23.2 Å². The van der Waals surface area contributed by atoms with Crippen LogP contribution in [0.5, 0.6) is 0 Å². The fourth-order valence-electron chi connectivity index (χ4n) is 9.97. The van der Waals surface area contributed by atoms with Gasteiger partial charge in [-0.2, -0.15) is 0 Å². The van der Waals surface area contributed by atoms with Crippen molar-refractivity contribution in [2.75, 3.05) is 33.3 Å². The number of carbonyl (C=O) groups excluding carboxylic acids is 2. The van der Waals surface area contributed by atoms with E-state index in [4.69, 9.17) is 29.0 Å². The largest absolute Gasteiger partial charge is 0.459 e. The van der Waals surface area contributed by atoms with Crippen LogP contribution in [0.2, 0.25) is 0 Å². The molecule has 0 amide bonds. The summed E-state index contributed by atoms with van der Waals surface area (Å²) in [5.74, 6) is -4.66. The quantitative estimate of drug-likeness (QED) is 0.0746. The maximum Gasteiger partial charge on any atom is 0.316 e. The number of nitrogens with zero attached hydrogens (tertiary/aromatic N) is 6. The number of hydrogen-bond donors (Lipinski definition) is 5. The molecule has 5 heterocycles. The number of benzene rings is 1. The van der Waals surface area contributed by atoms with Crippen molar-refractivity contribution < 1.29 is 58.8 Å². The second-order valence-corrected chi connectivity index (χ2v) is 19.2. The summed E-state index contributed by atoms with van der Waals surface area (Å²) in [7, 11) is 1.93. The lowest BCUT2D eigenvalue weighted by molar-refractivity contribution is -0.729. The predicted octanol–water partition coefficient (Wildman–Crippen LogP) is 3.28. The molecule has 5 N–H and O–H groups in total. The molecule has 362 valence electrons. The molecule has 0 saturated carbocycles. The first-order valence-corrected chi connectivity index (χ1v) is 23.4. The van der Waals surface area contributed by atoms with E-state index in [1.807, 2.05) is 43.9 Å². The lowest BCUT2D eigenvalue weighted by Gasteiger charge is -2.46. The number of aryl methyl sites for hydroxylation is 2. The van der Waals surface area contributed by atoms with E-state index in [-0.39, 0.29) is 41.9 Å². The van der Waals surface area contributed by atoms with E-state index in [1.54, 1.807) is 32.9 Å². The van der Waals surface area contributed by atoms with Gasteiger partial charge in [0.25, 0.3) is 4.92 Å². The summed E-state index contributed by atoms with van der Waals surface area (Å²) in [6, 6.07) is 6.45. The van der Waals surface area contributed by atoms with Gasteiger partial charge in [0.2, 0.25) is 0 Å². The van der Waals surface area contributed by atoms with E-state index in [0.717, 1.165) is 43.5 Å². The highest BCUT2D eigenvalue weighted by Crippen LogP contribution is 2.43. The summed E-state index contributed by atoms with van der Waals surface area (Å²) in [5.41, 5.74) is -0.514. The Morgan fingerprint density at radius 3 is 2.49 bits per heavy atom. The molecule has 0 radical (unpaired) electrons. The molecule has 4 saturated heterocycles. The standard InChI is InChI=1S/C46H72N7O12/c1-9-37-46(7,58)41(56)28(3)38(49-65-35-17-19-47-24-35)32-23-45(6,61-26-32)42(29(4)39(54)30(5)43(57)63-37)64-44-40(55)36(22-27(2)62-44)51(8)21-18-33-25-52(50-48-33)20-11-10-12-31-13-15-34(16-14-31)53(59)60/h13-16,25,27-30,32,35-37,40-42,44,47,55-56,58H,9-12,17-24,26H2,1-8H3,(H,59,60)/q+1/b49-38-/t27-,28+,29+,30-,32+,35-,36+,37-,40?,41-,42-,44+,45-,46-/m1/s1. The predicted molar refractivity (Wildman–Crippen MR) is 236 cm³/mol. The Balaban J connectivity index is 1.15. The highest BCUT2D eigenvalue weighted by atomic mass is 16.7. The Morgan fingerprint density at radius 1 is 1.08 bits per heavy atom. The third-order valence-corrected chi connectivity index (χ3v) is 14.1. The molecule has 19 nitrogen and oxygen atoms in total. The molecule has 1 aromatic carbocycles. The molecule has 0 aliphatic carbocycles. The summed E-state index contributed by atoms with van der Waals surface area (Å²) in [6.45, 7) is 14.6. The zero-order valence-electron chi connectivity index (χ0n) is 39.2. The number of oxime groups is 1. The summed E-state index contributed by atoms with van der Waals surface area (Å²) in [5, 5.41) is 61.3. The molecule has 4 fully saturated rings. The molecule has 4 aliphatic rings. The van der Waals surface area contributed by atoms with Crippen molar-refractivity contribution in [3.05, 3.63) is 46.6 Å². The Labute approximate surface area is 381 Å². The fourth-order valence-corrected chi connectivity index (χ4v) is 9.97. The van der Waals surface area contributed by atoms with Gasteiger partial charge in [0.05, 0.1) is 46.8 Å². The molecule has 2 bridgehead atoms. The Kier molecular flexibility index (Phi) is 16.9. The number of ketones is 1. The minimum atomic E-state index is -1.90. The first-order valence-electron chi connectivity index (χ1n) is 23.4. The number of esters is 1. The Morgan fingerprint density at radius 2 is 1.82 bits per heavy atom. The van der Waals surface area contributed by atoms with Gasteiger partial charge in [-0.1, -0.05) is 43.3 Å². The first-order chi connectivity index (χ1) is 30.8. The van der Waals surface area contributed by atoms with Gasteiger partial charge >= 0.3 is 11.7 Å². The van der Waals surface area contributed by atoms with Gasteiger partial charge in [-0.15, -0.1) is 5.10 Å². The zero-order valence-corrected chi connectivity index (χ0v) is 39.2. The molecule has 2 aromatic rings. The third-order valence-electron chi connectivity index (χ3n) is 14.1. The smallest absolute Gasteiger partial charge is 0.316 e. The molecular weight excluding hydrogens is 843 g/mol. The third kappa shape index (κ3) is 12.0. The van der Waals surface area contributed by atoms with Crippen LogP contribution in [0.25, 0.3) is 0 Å². The maximum absolute atomic E-state index is 14.3. The van der Waals surface area contributed by atoms with Gasteiger partial charge in [-0.05, 0) is 85.4 Å². The van der Waals surface area contributed by atoms with Crippen molar-refractivity contribution in [1.29, 1.82) is 0 Å². The van der Waals surface area contributed by atoms with E-state index < -0.39 is 77.3 Å². The SMILES string of the molecule is CC[C@H]1OC(=O)[C@H](C)C(=O)[C@H](C)[C@@H](O[C@@H]2O[C@H](C)C[C@H](N(C)CCc3cn(CCCCc4ccc([N+](=O)O)cc4)nn3)C2O)[C@@]2(C)C[C@@H](CO2)/C(=N\O[C@@H]2CCNC2)[C@H](C)[C@@H](O)[C@]1(C)O. The molecular formula is C46H72N7O12+. The minimum absolute atomic E-state index is 0.147. The first kappa shape index (κ1) is 50.5. The molecule has 4 aliphatic heterocycles. The number of rotatable bonds is 15. The number of nitrogens with one attached hydrogen (secondary N) is 1. The number of likely N-dealkylation sites (N-methyl/N-ethyl adjacent to an activating group) is 1. The van der Waals surface area contributed by atoms with E-state index in [2.05, 4.69) is 25.7 Å². The summed E-state index contributed by atoms with van der Waals surface area (Å²) in [4.78, 5) is 47.0. The Hall–Kier alpha value is -3.95. The number of fused-ring (bicyclic) bond motifs is 2. The molecule has 14 atom stereocenters. The van der Waals surface area contributed by atoms with Gasteiger partial charge < -0.3 is 49.3 Å². The van der Waals surface area contributed by atoms with Gasteiger partial charge in [-0.3, -0.25) is 14.3 Å². The van der Waals surface area contributed by atoms with E-state index in [0.29, 0.717) is 44.6 Å². The van der Waals surface area contributed by atoms with Gasteiger partial charge in [0, 0.05) is 74.6 Å². The van der Waals surface area contributed by atoms with Crippen molar-refractivity contribution in [1.82, 2.24) is 25.2 Å². The van der Waals surface area contributed by atoms with Gasteiger partial charge in [0.15, 0.2) is 12.1 Å². The van der Waals surface area contributed by atoms with Crippen molar-refractivity contribution in [2.24, 2.45) is 28.8 Å². The van der Waals surface area contributed by atoms with Crippen LogP contribution in [0, 0.1) is 28.6 Å².